The second-order valence-electron chi connectivity index (χ2n) is 3.68. The van der Waals surface area contributed by atoms with Crippen LogP contribution in [0.4, 0.5) is 0 Å². The van der Waals surface area contributed by atoms with Crippen molar-refractivity contribution in [1.82, 2.24) is 0 Å². The first-order chi connectivity index (χ1) is 8.58. The Hall–Kier alpha value is -2.10. The van der Waals surface area contributed by atoms with Gasteiger partial charge in [-0.25, -0.2) is 9.59 Å². The standard InChI is InChI=1S/C14H16O4/c1-4-18-14(16)12(13(15)17-3)9-11-7-5-10(2)6-8-11/h5-9H,4H2,1-3H3/b12-9-. The van der Waals surface area contributed by atoms with E-state index in [1.165, 1.54) is 13.2 Å². The van der Waals surface area contributed by atoms with E-state index in [2.05, 4.69) is 4.74 Å². The average molecular weight is 248 g/mol. The van der Waals surface area contributed by atoms with Crippen molar-refractivity contribution in [1.29, 1.82) is 0 Å². The van der Waals surface area contributed by atoms with Crippen molar-refractivity contribution in [3.8, 4) is 0 Å². The maximum atomic E-state index is 11.6. The van der Waals surface area contributed by atoms with Gasteiger partial charge in [0, 0.05) is 0 Å². The molecule has 0 N–H and O–H groups in total. The molecule has 0 saturated carbocycles. The molecule has 0 bridgehead atoms. The zero-order valence-electron chi connectivity index (χ0n) is 10.7. The van der Waals surface area contributed by atoms with E-state index in [1.54, 1.807) is 6.92 Å². The van der Waals surface area contributed by atoms with E-state index in [1.807, 2.05) is 31.2 Å². The summed E-state index contributed by atoms with van der Waals surface area (Å²) in [5.74, 6) is -1.38. The Balaban J connectivity index is 3.05. The Kier molecular flexibility index (Phi) is 5.11. The monoisotopic (exact) mass is 248 g/mol. The molecule has 0 spiro atoms. The van der Waals surface area contributed by atoms with Crippen molar-refractivity contribution in [2.45, 2.75) is 13.8 Å². The van der Waals surface area contributed by atoms with Gasteiger partial charge in [0.25, 0.3) is 0 Å². The molecule has 0 aliphatic carbocycles. The summed E-state index contributed by atoms with van der Waals surface area (Å²) in [5.41, 5.74) is 1.74. The zero-order valence-corrected chi connectivity index (χ0v) is 10.7. The third-order valence-electron chi connectivity index (χ3n) is 2.29. The van der Waals surface area contributed by atoms with Gasteiger partial charge in [0.05, 0.1) is 13.7 Å². The van der Waals surface area contributed by atoms with Crippen LogP contribution < -0.4 is 0 Å². The Bertz CT molecular complexity index is 457. The van der Waals surface area contributed by atoms with Gasteiger partial charge in [-0.2, -0.15) is 0 Å². The van der Waals surface area contributed by atoms with Gasteiger partial charge in [0.2, 0.25) is 0 Å². The molecule has 18 heavy (non-hydrogen) atoms. The van der Waals surface area contributed by atoms with Crippen LogP contribution in [0.2, 0.25) is 0 Å². The fourth-order valence-electron chi connectivity index (χ4n) is 1.35. The zero-order chi connectivity index (χ0) is 13.5. The molecule has 0 saturated heterocycles. The molecule has 0 amide bonds. The van der Waals surface area contributed by atoms with Gasteiger partial charge < -0.3 is 9.47 Å². The predicted molar refractivity (Wildman–Crippen MR) is 67.8 cm³/mol. The molecule has 0 aliphatic rings. The highest BCUT2D eigenvalue weighted by Gasteiger charge is 2.20. The van der Waals surface area contributed by atoms with Crippen LogP contribution in [0, 0.1) is 6.92 Å². The fourth-order valence-corrected chi connectivity index (χ4v) is 1.35. The van der Waals surface area contributed by atoms with E-state index >= 15 is 0 Å². The Morgan fingerprint density at radius 3 is 2.28 bits per heavy atom. The van der Waals surface area contributed by atoms with E-state index in [9.17, 15) is 9.59 Å². The maximum absolute atomic E-state index is 11.6. The molecular formula is C14H16O4. The largest absolute Gasteiger partial charge is 0.465 e. The molecule has 96 valence electrons. The number of ether oxygens (including phenoxy) is 2. The number of esters is 2. The van der Waals surface area contributed by atoms with Crippen LogP contribution in [0.3, 0.4) is 0 Å². The van der Waals surface area contributed by atoms with Crippen LogP contribution in [0.1, 0.15) is 18.1 Å². The third kappa shape index (κ3) is 3.73. The predicted octanol–water partition coefficient (Wildman–Crippen LogP) is 2.11. The van der Waals surface area contributed by atoms with E-state index in [-0.39, 0.29) is 12.2 Å². The third-order valence-corrected chi connectivity index (χ3v) is 2.29. The first kappa shape index (κ1) is 14.0. The number of rotatable bonds is 4. The highest BCUT2D eigenvalue weighted by Crippen LogP contribution is 2.11. The van der Waals surface area contributed by atoms with Crippen LogP contribution in [0.25, 0.3) is 6.08 Å². The number of methoxy groups -OCH3 is 1. The second-order valence-corrected chi connectivity index (χ2v) is 3.68. The van der Waals surface area contributed by atoms with Crippen LogP contribution >= 0.6 is 0 Å². The quantitative estimate of drug-likeness (QED) is 0.354. The molecular weight excluding hydrogens is 232 g/mol. The normalized spacial score (nSPS) is 10.9. The molecule has 0 fully saturated rings. The number of hydrogen-bond donors (Lipinski definition) is 0. The van der Waals surface area contributed by atoms with E-state index in [0.717, 1.165) is 11.1 Å². The summed E-state index contributed by atoms with van der Waals surface area (Å²) in [6.45, 7) is 3.85. The van der Waals surface area contributed by atoms with Crippen LogP contribution in [0.5, 0.6) is 0 Å². The van der Waals surface area contributed by atoms with Gasteiger partial charge in [-0.15, -0.1) is 0 Å². The number of hydrogen-bond acceptors (Lipinski definition) is 4. The van der Waals surface area contributed by atoms with Crippen molar-refractivity contribution in [3.63, 3.8) is 0 Å². The van der Waals surface area contributed by atoms with Crippen molar-refractivity contribution in [2.75, 3.05) is 13.7 Å². The molecule has 0 heterocycles. The van der Waals surface area contributed by atoms with Gasteiger partial charge in [0.15, 0.2) is 0 Å². The van der Waals surface area contributed by atoms with Gasteiger partial charge in [-0.1, -0.05) is 29.8 Å². The van der Waals surface area contributed by atoms with Gasteiger partial charge in [-0.3, -0.25) is 0 Å². The lowest BCUT2D eigenvalue weighted by atomic mass is 10.1. The summed E-state index contributed by atoms with van der Waals surface area (Å²) < 4.78 is 9.38. The highest BCUT2D eigenvalue weighted by molar-refractivity contribution is 6.17. The molecule has 4 nitrogen and oxygen atoms in total. The molecule has 1 rings (SSSR count). The molecule has 1 aromatic rings. The lowest BCUT2D eigenvalue weighted by molar-refractivity contribution is -0.145. The second kappa shape index (κ2) is 6.59. The summed E-state index contributed by atoms with van der Waals surface area (Å²) in [6.07, 6.45) is 1.46. The van der Waals surface area contributed by atoms with Crippen molar-refractivity contribution < 1.29 is 19.1 Å². The number of carbonyl (C=O) groups excluding carboxylic acids is 2. The van der Waals surface area contributed by atoms with Gasteiger partial charge >= 0.3 is 11.9 Å². The lowest BCUT2D eigenvalue weighted by Crippen LogP contribution is -2.17. The smallest absolute Gasteiger partial charge is 0.345 e. The molecule has 0 unspecified atom stereocenters. The fraction of sp³-hybridized carbons (Fsp3) is 0.286. The minimum atomic E-state index is -0.700. The van der Waals surface area contributed by atoms with Gasteiger partial charge in [-0.05, 0) is 25.5 Å². The summed E-state index contributed by atoms with van der Waals surface area (Å²) >= 11 is 0. The Morgan fingerprint density at radius 2 is 1.78 bits per heavy atom. The topological polar surface area (TPSA) is 52.6 Å². The number of benzene rings is 1. The number of carbonyl (C=O) groups is 2. The van der Waals surface area contributed by atoms with Gasteiger partial charge in [0.1, 0.15) is 5.57 Å². The first-order valence-electron chi connectivity index (χ1n) is 5.62. The summed E-state index contributed by atoms with van der Waals surface area (Å²) in [6, 6.07) is 7.42. The van der Waals surface area contributed by atoms with Crippen LogP contribution in [0.15, 0.2) is 29.8 Å². The summed E-state index contributed by atoms with van der Waals surface area (Å²) in [7, 11) is 1.23. The molecule has 0 aliphatic heterocycles. The maximum Gasteiger partial charge on any atom is 0.345 e. The van der Waals surface area contributed by atoms with E-state index in [4.69, 9.17) is 4.74 Å². The SMILES string of the molecule is CCOC(=O)/C(=C\c1ccc(C)cc1)C(=O)OC. The Labute approximate surface area is 106 Å². The summed E-state index contributed by atoms with van der Waals surface area (Å²) in [4.78, 5) is 23.1. The van der Waals surface area contributed by atoms with Crippen molar-refractivity contribution >= 4 is 18.0 Å². The summed E-state index contributed by atoms with van der Waals surface area (Å²) in [5, 5.41) is 0. The average Bonchev–Trinajstić information content (AvgIpc) is 2.37. The first-order valence-corrected chi connectivity index (χ1v) is 5.62. The van der Waals surface area contributed by atoms with Crippen molar-refractivity contribution in [2.24, 2.45) is 0 Å². The Morgan fingerprint density at radius 1 is 1.17 bits per heavy atom. The number of aryl methyl sites for hydroxylation is 1. The lowest BCUT2D eigenvalue weighted by Gasteiger charge is -2.05. The molecule has 0 radical (unpaired) electrons. The highest BCUT2D eigenvalue weighted by atomic mass is 16.5. The molecule has 0 atom stereocenters. The van der Waals surface area contributed by atoms with Crippen molar-refractivity contribution in [3.05, 3.63) is 41.0 Å². The van der Waals surface area contributed by atoms with E-state index < -0.39 is 11.9 Å². The molecule has 0 aromatic heterocycles. The minimum Gasteiger partial charge on any atom is -0.465 e. The van der Waals surface area contributed by atoms with E-state index in [0.29, 0.717) is 0 Å². The minimum absolute atomic E-state index is 0.108. The molecule has 4 heteroatoms. The molecule has 1 aromatic carbocycles. The van der Waals surface area contributed by atoms with Crippen LogP contribution in [-0.2, 0) is 19.1 Å². The van der Waals surface area contributed by atoms with Crippen LogP contribution in [-0.4, -0.2) is 25.7 Å².